The molecule has 0 radical (unpaired) electrons. The van der Waals surface area contributed by atoms with E-state index in [0.29, 0.717) is 23.2 Å². The molecule has 0 bridgehead atoms. The van der Waals surface area contributed by atoms with Crippen molar-refractivity contribution in [3.8, 4) is 0 Å². The van der Waals surface area contributed by atoms with Crippen molar-refractivity contribution in [1.29, 1.82) is 0 Å². The Balaban J connectivity index is 1.07. The minimum atomic E-state index is -0.0415. The maximum Gasteiger partial charge on any atom is 0.305 e. The number of unbranched alkanes of at least 4 members (excludes halogenated alkanes) is 1. The van der Waals surface area contributed by atoms with Gasteiger partial charge in [-0.3, -0.25) is 9.78 Å². The van der Waals surface area contributed by atoms with Gasteiger partial charge in [-0.25, -0.2) is 0 Å². The number of fused-ring (bicyclic) bond motifs is 5. The smallest absolute Gasteiger partial charge is 0.305 e. The van der Waals surface area contributed by atoms with Gasteiger partial charge < -0.3 is 15.4 Å². The van der Waals surface area contributed by atoms with E-state index in [4.69, 9.17) is 4.74 Å². The van der Waals surface area contributed by atoms with Crippen LogP contribution in [0.1, 0.15) is 110 Å². The van der Waals surface area contributed by atoms with E-state index in [2.05, 4.69) is 48.5 Å². The monoisotopic (exact) mass is 551 g/mol. The lowest BCUT2D eigenvalue weighted by Crippen LogP contribution is -2.55. The lowest BCUT2D eigenvalue weighted by Gasteiger charge is -2.61. The zero-order valence-electron chi connectivity index (χ0n) is 25.9. The topological polar surface area (TPSA) is 63.2 Å². The second kappa shape index (κ2) is 13.2. The lowest BCUT2D eigenvalue weighted by atomic mass is 9.44. The molecule has 5 nitrogen and oxygen atoms in total. The third kappa shape index (κ3) is 6.31. The number of ether oxygens (including phenoxy) is 1. The molecule has 4 aliphatic carbocycles. The third-order valence-electron chi connectivity index (χ3n) is 12.7. The molecule has 1 heterocycles. The fraction of sp³-hybridized carbons (Fsp3) is 0.829. The van der Waals surface area contributed by atoms with Crippen molar-refractivity contribution in [3.63, 3.8) is 0 Å². The highest BCUT2D eigenvalue weighted by molar-refractivity contribution is 5.69. The quantitative estimate of drug-likeness (QED) is 0.213. The van der Waals surface area contributed by atoms with Gasteiger partial charge in [-0.05, 0) is 149 Å². The largest absolute Gasteiger partial charge is 0.469 e. The Labute approximate surface area is 244 Å². The number of carbonyl (C=O) groups excluding carboxylic acids is 1. The van der Waals surface area contributed by atoms with Gasteiger partial charge in [0.1, 0.15) is 0 Å². The Morgan fingerprint density at radius 1 is 1.02 bits per heavy atom. The first-order valence-corrected chi connectivity index (χ1v) is 16.8. The van der Waals surface area contributed by atoms with E-state index < -0.39 is 0 Å². The number of methoxy groups -OCH3 is 1. The third-order valence-corrected chi connectivity index (χ3v) is 12.7. The van der Waals surface area contributed by atoms with Gasteiger partial charge in [-0.2, -0.15) is 0 Å². The summed E-state index contributed by atoms with van der Waals surface area (Å²) in [6.45, 7) is 10.8. The lowest BCUT2D eigenvalue weighted by molar-refractivity contribution is -0.141. The molecule has 1 aromatic heterocycles. The van der Waals surface area contributed by atoms with Gasteiger partial charge in [0.15, 0.2) is 0 Å². The molecule has 1 aromatic rings. The van der Waals surface area contributed by atoms with Crippen LogP contribution in [0, 0.1) is 46.3 Å². The maximum atomic E-state index is 11.8. The highest BCUT2D eigenvalue weighted by Gasteiger charge is 2.60. The Hall–Kier alpha value is -1.46. The van der Waals surface area contributed by atoms with Crippen LogP contribution in [-0.4, -0.2) is 37.2 Å². The van der Waals surface area contributed by atoms with Crippen molar-refractivity contribution in [1.82, 2.24) is 15.6 Å². The summed E-state index contributed by atoms with van der Waals surface area (Å²) in [5.74, 6) is 5.02. The number of hydrogen-bond acceptors (Lipinski definition) is 5. The number of hydrogen-bond donors (Lipinski definition) is 2. The first-order chi connectivity index (χ1) is 19.3. The first kappa shape index (κ1) is 30.0. The summed E-state index contributed by atoms with van der Waals surface area (Å²) in [6, 6.07) is 6.84. The second-order valence-electron chi connectivity index (χ2n) is 14.6. The number of carbonyl (C=O) groups is 1. The van der Waals surface area contributed by atoms with Crippen molar-refractivity contribution in [2.45, 2.75) is 117 Å². The molecule has 5 unspecified atom stereocenters. The standard InChI is InChI=1S/C35H57N3O2/c1-25(10-15-33(39)40-4)30-13-14-31-29-12-11-26-23-27(16-18-34(26,2)32(29)17-19-35(30,31)3)37-22-8-7-20-36-24-28-9-5-6-21-38-28/h5-6,9,21,25-27,29-32,36-37H,7-8,10-20,22-24H2,1-4H3/t25-,26?,27+,29?,30?,31?,32?,34+,35-/m1/s1. The molecule has 4 aliphatic rings. The van der Waals surface area contributed by atoms with Crippen LogP contribution in [0.25, 0.3) is 0 Å². The molecule has 0 aromatic carbocycles. The van der Waals surface area contributed by atoms with E-state index >= 15 is 0 Å². The second-order valence-corrected chi connectivity index (χ2v) is 14.6. The molecule has 9 atom stereocenters. The summed E-state index contributed by atoms with van der Waals surface area (Å²) in [6.07, 6.45) is 18.6. The molecule has 224 valence electrons. The minimum absolute atomic E-state index is 0.0415. The van der Waals surface area contributed by atoms with Crippen molar-refractivity contribution < 1.29 is 9.53 Å². The summed E-state index contributed by atoms with van der Waals surface area (Å²) < 4.78 is 4.94. The number of esters is 1. The van der Waals surface area contributed by atoms with Crippen molar-refractivity contribution >= 4 is 5.97 Å². The van der Waals surface area contributed by atoms with Crippen LogP contribution < -0.4 is 10.6 Å². The fourth-order valence-corrected chi connectivity index (χ4v) is 10.5. The number of aromatic nitrogens is 1. The van der Waals surface area contributed by atoms with Gasteiger partial charge in [0.25, 0.3) is 0 Å². The van der Waals surface area contributed by atoms with Gasteiger partial charge in [0.2, 0.25) is 0 Å². The molecule has 5 heteroatoms. The van der Waals surface area contributed by atoms with Crippen molar-refractivity contribution in [3.05, 3.63) is 30.1 Å². The van der Waals surface area contributed by atoms with E-state index in [1.807, 2.05) is 12.3 Å². The minimum Gasteiger partial charge on any atom is -0.469 e. The summed E-state index contributed by atoms with van der Waals surface area (Å²) in [5, 5.41) is 7.50. The number of rotatable bonds is 12. The van der Waals surface area contributed by atoms with Crippen LogP contribution >= 0.6 is 0 Å². The van der Waals surface area contributed by atoms with E-state index in [-0.39, 0.29) is 5.97 Å². The van der Waals surface area contributed by atoms with Gasteiger partial charge in [-0.15, -0.1) is 0 Å². The molecule has 5 rings (SSSR count). The highest BCUT2D eigenvalue weighted by Crippen LogP contribution is 2.68. The Morgan fingerprint density at radius 3 is 2.62 bits per heavy atom. The van der Waals surface area contributed by atoms with E-state index in [1.165, 1.54) is 77.7 Å². The molecule has 0 aliphatic heterocycles. The SMILES string of the molecule is COC(=O)CC[C@@H](C)C1CCC2C3CCC4C[C@@H](NCCCCNCc5ccccn5)CC[C@]4(C)C3CC[C@@]21C. The van der Waals surface area contributed by atoms with Crippen LogP contribution in [0.5, 0.6) is 0 Å². The number of pyridine rings is 1. The van der Waals surface area contributed by atoms with Crippen LogP contribution in [0.15, 0.2) is 24.4 Å². The predicted molar refractivity (Wildman–Crippen MR) is 163 cm³/mol. The summed E-state index contributed by atoms with van der Waals surface area (Å²) in [5.41, 5.74) is 2.15. The molecule has 0 amide bonds. The van der Waals surface area contributed by atoms with Crippen LogP contribution in [0.4, 0.5) is 0 Å². The Bertz CT molecular complexity index is 955. The number of nitrogens with one attached hydrogen (secondary N) is 2. The maximum absolute atomic E-state index is 11.8. The average molecular weight is 552 g/mol. The highest BCUT2D eigenvalue weighted by atomic mass is 16.5. The van der Waals surface area contributed by atoms with Crippen LogP contribution in [0.2, 0.25) is 0 Å². The van der Waals surface area contributed by atoms with Gasteiger partial charge in [0.05, 0.1) is 12.8 Å². The molecule has 4 saturated carbocycles. The first-order valence-electron chi connectivity index (χ1n) is 16.8. The molecule has 4 fully saturated rings. The van der Waals surface area contributed by atoms with Gasteiger partial charge in [-0.1, -0.05) is 26.8 Å². The Kier molecular flexibility index (Phi) is 9.93. The zero-order chi connectivity index (χ0) is 28.2. The molecular weight excluding hydrogens is 494 g/mol. The normalized spacial score (nSPS) is 37.7. The average Bonchev–Trinajstić information content (AvgIpc) is 3.33. The van der Waals surface area contributed by atoms with E-state index in [9.17, 15) is 4.79 Å². The Morgan fingerprint density at radius 2 is 1.82 bits per heavy atom. The van der Waals surface area contributed by atoms with Crippen LogP contribution in [0.3, 0.4) is 0 Å². The molecule has 2 N–H and O–H groups in total. The molecule has 40 heavy (non-hydrogen) atoms. The van der Waals surface area contributed by atoms with E-state index in [0.717, 1.165) is 67.4 Å². The van der Waals surface area contributed by atoms with Crippen molar-refractivity contribution in [2.75, 3.05) is 20.2 Å². The molecule has 0 spiro atoms. The summed E-state index contributed by atoms with van der Waals surface area (Å²) in [7, 11) is 1.52. The van der Waals surface area contributed by atoms with Crippen LogP contribution in [-0.2, 0) is 16.1 Å². The summed E-state index contributed by atoms with van der Waals surface area (Å²) >= 11 is 0. The van der Waals surface area contributed by atoms with Gasteiger partial charge >= 0.3 is 5.97 Å². The van der Waals surface area contributed by atoms with Crippen molar-refractivity contribution in [2.24, 2.45) is 46.3 Å². The predicted octanol–water partition coefficient (Wildman–Crippen LogP) is 7.16. The zero-order valence-corrected chi connectivity index (χ0v) is 25.9. The number of nitrogens with zero attached hydrogens (tertiary/aromatic N) is 1. The summed E-state index contributed by atoms with van der Waals surface area (Å²) in [4.78, 5) is 16.2. The fourth-order valence-electron chi connectivity index (χ4n) is 10.5. The molecular formula is C35H57N3O2. The molecule has 0 saturated heterocycles. The van der Waals surface area contributed by atoms with Gasteiger partial charge in [0, 0.05) is 25.2 Å². The van der Waals surface area contributed by atoms with E-state index in [1.54, 1.807) is 0 Å².